The van der Waals surface area contributed by atoms with Crippen molar-refractivity contribution in [1.82, 2.24) is 9.55 Å². The van der Waals surface area contributed by atoms with E-state index in [9.17, 15) is 13.9 Å². The normalized spacial score (nSPS) is 25.7. The first-order valence-electron chi connectivity index (χ1n) is 6.18. The summed E-state index contributed by atoms with van der Waals surface area (Å²) in [7, 11) is -9.69. The summed E-state index contributed by atoms with van der Waals surface area (Å²) < 4.78 is 37.0. The molecule has 2 heterocycles. The quantitative estimate of drug-likeness (QED) is 0.456. The van der Waals surface area contributed by atoms with Crippen molar-refractivity contribution >= 4 is 15.6 Å². The lowest BCUT2D eigenvalue weighted by molar-refractivity contribution is -0.0443. The minimum Gasteiger partial charge on any atom is -0.349 e. The summed E-state index contributed by atoms with van der Waals surface area (Å²) in [5.74, 6) is 0. The Balaban J connectivity index is 2.17. The van der Waals surface area contributed by atoms with E-state index in [1.54, 1.807) is 0 Å². The van der Waals surface area contributed by atoms with Gasteiger partial charge in [0.2, 0.25) is 0 Å². The Morgan fingerprint density at radius 2 is 2.00 bits per heavy atom. The van der Waals surface area contributed by atoms with Crippen molar-refractivity contribution < 1.29 is 42.5 Å². The summed E-state index contributed by atoms with van der Waals surface area (Å²) in [6.07, 6.45) is -0.955. The molecule has 3 atom stereocenters. The van der Waals surface area contributed by atoms with E-state index in [1.807, 2.05) is 0 Å². The van der Waals surface area contributed by atoms with Crippen LogP contribution in [0.4, 0.5) is 0 Å². The third-order valence-corrected chi connectivity index (χ3v) is 3.94. The Labute approximate surface area is 129 Å². The van der Waals surface area contributed by atoms with Gasteiger partial charge in [-0.25, -0.2) is 18.9 Å². The smallest absolute Gasteiger partial charge is 0.349 e. The van der Waals surface area contributed by atoms with Gasteiger partial charge in [0, 0.05) is 18.8 Å². The molecule has 0 aliphatic carbocycles. The number of phosphoric acid groups is 2. The fourth-order valence-corrected chi connectivity index (χ4v) is 2.98. The molecule has 0 saturated carbocycles. The number of hydrogen-bond acceptors (Lipinski definition) is 7. The highest BCUT2D eigenvalue weighted by Gasteiger charge is 2.42. The van der Waals surface area contributed by atoms with Crippen LogP contribution in [0.2, 0.25) is 0 Å². The van der Waals surface area contributed by atoms with Crippen LogP contribution in [0.15, 0.2) is 23.3 Å². The van der Waals surface area contributed by atoms with Crippen LogP contribution >= 0.6 is 15.6 Å². The van der Waals surface area contributed by atoms with Crippen molar-refractivity contribution in [2.75, 3.05) is 6.61 Å². The van der Waals surface area contributed by atoms with Gasteiger partial charge in [-0.15, -0.1) is 0 Å². The number of rotatable bonds is 6. The molecule has 14 heteroatoms. The molecule has 1 saturated heterocycles. The zero-order valence-electron chi connectivity index (χ0n) is 11.4. The van der Waals surface area contributed by atoms with E-state index in [0.717, 1.165) is 4.57 Å². The van der Waals surface area contributed by atoms with Crippen LogP contribution < -0.4 is 5.69 Å². The average molecular weight is 372 g/mol. The van der Waals surface area contributed by atoms with Crippen LogP contribution in [0.5, 0.6) is 0 Å². The first-order chi connectivity index (χ1) is 10.6. The van der Waals surface area contributed by atoms with E-state index in [4.69, 9.17) is 24.3 Å². The summed E-state index contributed by atoms with van der Waals surface area (Å²) in [5, 5.41) is 0. The van der Waals surface area contributed by atoms with Crippen molar-refractivity contribution in [2.24, 2.45) is 0 Å². The number of nitrogens with zero attached hydrogens (tertiary/aromatic N) is 2. The lowest BCUT2D eigenvalue weighted by Gasteiger charge is -2.19. The molecule has 1 aromatic heterocycles. The summed E-state index contributed by atoms with van der Waals surface area (Å²) in [4.78, 5) is 50.3. The fraction of sp³-hybridized carbons (Fsp3) is 0.556. The maximum Gasteiger partial charge on any atom is 0.469 e. The molecule has 0 unspecified atom stereocenters. The highest BCUT2D eigenvalue weighted by atomic mass is 31.2. The van der Waals surface area contributed by atoms with Gasteiger partial charge in [-0.05, 0) is 6.07 Å². The van der Waals surface area contributed by atoms with Crippen molar-refractivity contribution in [3.63, 3.8) is 0 Å². The zero-order chi connectivity index (χ0) is 17.3. The first kappa shape index (κ1) is 18.4. The third-order valence-electron chi connectivity index (χ3n) is 2.91. The lowest BCUT2D eigenvalue weighted by atomic mass is 10.2. The van der Waals surface area contributed by atoms with Crippen LogP contribution in [0.1, 0.15) is 12.6 Å². The van der Waals surface area contributed by atoms with E-state index < -0.39 is 46.4 Å². The molecule has 0 bridgehead atoms. The second-order valence-electron chi connectivity index (χ2n) is 4.60. The second kappa shape index (κ2) is 6.89. The summed E-state index contributed by atoms with van der Waals surface area (Å²) >= 11 is 0. The third kappa shape index (κ3) is 5.57. The van der Waals surface area contributed by atoms with Crippen LogP contribution in [0.3, 0.4) is 0 Å². The monoisotopic (exact) mass is 372 g/mol. The van der Waals surface area contributed by atoms with Crippen molar-refractivity contribution in [3.05, 3.63) is 28.9 Å². The highest BCUT2D eigenvalue weighted by molar-refractivity contribution is 7.46. The van der Waals surface area contributed by atoms with Gasteiger partial charge in [-0.2, -0.15) is 0 Å². The van der Waals surface area contributed by atoms with E-state index in [-0.39, 0.29) is 6.42 Å². The highest BCUT2D eigenvalue weighted by Crippen LogP contribution is 2.44. The predicted molar refractivity (Wildman–Crippen MR) is 71.9 cm³/mol. The van der Waals surface area contributed by atoms with Gasteiger partial charge in [-0.3, -0.25) is 13.6 Å². The Bertz CT molecular complexity index is 696. The fourth-order valence-electron chi connectivity index (χ4n) is 2.07. The SMILES string of the molecule is O=c1ncccn1[C@H]1C[C@H](OP(=O)(O)O)[C@@H](COP(=O)(O)O)O1. The molecule has 1 aromatic rings. The van der Waals surface area contributed by atoms with Gasteiger partial charge in [0.05, 0.1) is 6.61 Å². The molecule has 0 radical (unpaired) electrons. The van der Waals surface area contributed by atoms with Gasteiger partial charge in [0.25, 0.3) is 0 Å². The van der Waals surface area contributed by atoms with E-state index in [0.29, 0.717) is 0 Å². The standard InChI is InChI=1S/C9H14N2O10P2/c12-9-10-2-1-3-11(9)8-4-6(21-23(16,17)18)7(20-8)5-19-22(13,14)15/h1-3,6-8H,4-5H2,(H2,13,14,15)(H2,16,17,18)/t6-,7+,8+/m0/s1. The number of hydrogen-bond donors (Lipinski definition) is 4. The predicted octanol–water partition coefficient (Wildman–Crippen LogP) is -0.882. The number of ether oxygens (including phenoxy) is 1. The van der Waals surface area contributed by atoms with Crippen LogP contribution in [0.25, 0.3) is 0 Å². The minimum atomic E-state index is -4.88. The number of aromatic nitrogens is 2. The minimum absolute atomic E-state index is 0.147. The second-order valence-corrected chi connectivity index (χ2v) is 7.03. The Hall–Kier alpha value is -0.940. The largest absolute Gasteiger partial charge is 0.469 e. The van der Waals surface area contributed by atoms with Crippen molar-refractivity contribution in [3.8, 4) is 0 Å². The van der Waals surface area contributed by atoms with E-state index in [2.05, 4.69) is 14.0 Å². The summed E-state index contributed by atoms with van der Waals surface area (Å²) in [6, 6.07) is 1.45. The maximum absolute atomic E-state index is 11.6. The van der Waals surface area contributed by atoms with Gasteiger partial charge in [0.15, 0.2) is 0 Å². The molecule has 0 amide bonds. The van der Waals surface area contributed by atoms with Gasteiger partial charge in [0.1, 0.15) is 18.4 Å². The number of phosphoric ester groups is 2. The molecule has 1 fully saturated rings. The van der Waals surface area contributed by atoms with Crippen molar-refractivity contribution in [1.29, 1.82) is 0 Å². The molecular formula is C9H14N2O10P2. The zero-order valence-corrected chi connectivity index (χ0v) is 13.2. The molecule has 1 aliphatic heterocycles. The molecule has 1 aliphatic rings. The van der Waals surface area contributed by atoms with E-state index in [1.165, 1.54) is 18.5 Å². The van der Waals surface area contributed by atoms with Crippen LogP contribution in [-0.2, 0) is 22.9 Å². The molecule has 2 rings (SSSR count). The molecule has 12 nitrogen and oxygen atoms in total. The maximum atomic E-state index is 11.6. The molecule has 130 valence electrons. The molecule has 4 N–H and O–H groups in total. The average Bonchev–Trinajstić information content (AvgIpc) is 2.77. The Morgan fingerprint density at radius 3 is 2.57 bits per heavy atom. The van der Waals surface area contributed by atoms with E-state index >= 15 is 0 Å². The Morgan fingerprint density at radius 1 is 1.30 bits per heavy atom. The molecule has 0 spiro atoms. The van der Waals surface area contributed by atoms with Crippen LogP contribution in [0, 0.1) is 0 Å². The summed E-state index contributed by atoms with van der Waals surface area (Å²) in [5.41, 5.74) is -0.663. The topological polar surface area (TPSA) is 178 Å². The van der Waals surface area contributed by atoms with Crippen molar-refractivity contribution in [2.45, 2.75) is 24.9 Å². The van der Waals surface area contributed by atoms with Gasteiger partial charge in [-0.1, -0.05) is 0 Å². The lowest BCUT2D eigenvalue weighted by Crippen LogP contribution is -2.28. The molecular weight excluding hydrogens is 358 g/mol. The van der Waals surface area contributed by atoms with Crippen LogP contribution in [-0.4, -0.2) is 47.9 Å². The molecule has 0 aromatic carbocycles. The van der Waals surface area contributed by atoms with Gasteiger partial charge < -0.3 is 24.3 Å². The van der Waals surface area contributed by atoms with Gasteiger partial charge >= 0.3 is 21.3 Å². The first-order valence-corrected chi connectivity index (χ1v) is 9.24. The Kier molecular flexibility index (Phi) is 5.52. The molecule has 23 heavy (non-hydrogen) atoms. The summed E-state index contributed by atoms with van der Waals surface area (Å²) in [6.45, 7) is -0.680.